The van der Waals surface area contributed by atoms with Crippen LogP contribution in [0.4, 0.5) is 5.69 Å². The number of amides is 1. The summed E-state index contributed by atoms with van der Waals surface area (Å²) in [6.07, 6.45) is 2.95. The molecular weight excluding hydrogens is 396 g/mol. The molecule has 3 aromatic rings. The lowest BCUT2D eigenvalue weighted by Gasteiger charge is -2.10. The number of nitrogens with one attached hydrogen (secondary N) is 1. The highest BCUT2D eigenvalue weighted by atomic mass is 35.5. The second kappa shape index (κ2) is 8.94. The van der Waals surface area contributed by atoms with Gasteiger partial charge in [0.1, 0.15) is 0 Å². The molecule has 1 heterocycles. The molecule has 0 atom stereocenters. The van der Waals surface area contributed by atoms with Crippen molar-refractivity contribution in [2.45, 2.75) is 0 Å². The van der Waals surface area contributed by atoms with E-state index in [-0.39, 0.29) is 11.4 Å². The summed E-state index contributed by atoms with van der Waals surface area (Å²) in [4.78, 5) is 27.1. The molecular formula is C20H15ClN4O4. The zero-order valence-electron chi connectivity index (χ0n) is 15.2. The minimum Gasteiger partial charge on any atom is -0.490 e. The zero-order valence-corrected chi connectivity index (χ0v) is 16.0. The van der Waals surface area contributed by atoms with Gasteiger partial charge in [0.15, 0.2) is 5.75 Å². The molecule has 1 amide bonds. The SMILES string of the molecule is COc1ccc(C(=NNC(=O)c2cccnc2)c2cccc(Cl)c2)cc1[N+](=O)[O-]. The van der Waals surface area contributed by atoms with Gasteiger partial charge in [-0.15, -0.1) is 0 Å². The van der Waals surface area contributed by atoms with Gasteiger partial charge in [0.05, 0.1) is 23.3 Å². The number of methoxy groups -OCH3 is 1. The molecule has 0 aliphatic carbocycles. The topological polar surface area (TPSA) is 107 Å². The Hall–Kier alpha value is -3.78. The molecule has 9 heteroatoms. The number of halogens is 1. The second-order valence-electron chi connectivity index (χ2n) is 5.80. The predicted molar refractivity (Wildman–Crippen MR) is 108 cm³/mol. The lowest BCUT2D eigenvalue weighted by Crippen LogP contribution is -2.20. The predicted octanol–water partition coefficient (Wildman–Crippen LogP) is 3.83. The van der Waals surface area contributed by atoms with Crippen LogP contribution in [0.25, 0.3) is 0 Å². The summed E-state index contributed by atoms with van der Waals surface area (Å²) in [5.74, 6) is -0.357. The van der Waals surface area contributed by atoms with Gasteiger partial charge in [0.25, 0.3) is 5.91 Å². The Morgan fingerprint density at radius 1 is 1.14 bits per heavy atom. The lowest BCUT2D eigenvalue weighted by atomic mass is 10.0. The number of hydrogen-bond donors (Lipinski definition) is 1. The number of carbonyl (C=O) groups is 1. The van der Waals surface area contributed by atoms with Gasteiger partial charge in [-0.3, -0.25) is 19.9 Å². The van der Waals surface area contributed by atoms with Crippen molar-refractivity contribution in [2.24, 2.45) is 5.10 Å². The molecule has 1 aromatic heterocycles. The van der Waals surface area contributed by atoms with Crippen molar-refractivity contribution in [1.29, 1.82) is 0 Å². The standard InChI is InChI=1S/C20H15ClN4O4/c1-29-18-8-7-14(11-17(18)25(27)28)19(13-4-2-6-16(21)10-13)23-24-20(26)15-5-3-9-22-12-15/h2-12H,1H3,(H,24,26). The van der Waals surface area contributed by atoms with Crippen LogP contribution >= 0.6 is 11.6 Å². The number of aromatic nitrogens is 1. The fraction of sp³-hybridized carbons (Fsp3) is 0.0500. The molecule has 146 valence electrons. The van der Waals surface area contributed by atoms with E-state index in [1.165, 1.54) is 25.4 Å². The average molecular weight is 411 g/mol. The van der Waals surface area contributed by atoms with Gasteiger partial charge in [-0.05, 0) is 36.4 Å². The molecule has 0 saturated heterocycles. The Morgan fingerprint density at radius 3 is 2.55 bits per heavy atom. The monoisotopic (exact) mass is 410 g/mol. The Balaban J connectivity index is 2.05. The average Bonchev–Trinajstić information content (AvgIpc) is 2.74. The summed E-state index contributed by atoms with van der Waals surface area (Å²) >= 11 is 6.09. The van der Waals surface area contributed by atoms with E-state index >= 15 is 0 Å². The third-order valence-corrected chi connectivity index (χ3v) is 4.18. The van der Waals surface area contributed by atoms with E-state index in [1.54, 1.807) is 48.7 Å². The van der Waals surface area contributed by atoms with Crippen molar-refractivity contribution in [1.82, 2.24) is 10.4 Å². The van der Waals surface area contributed by atoms with Gasteiger partial charge in [-0.25, -0.2) is 5.43 Å². The number of ether oxygens (including phenoxy) is 1. The van der Waals surface area contributed by atoms with Crippen LogP contribution in [0.2, 0.25) is 5.02 Å². The molecule has 0 saturated carbocycles. The van der Waals surface area contributed by atoms with Crippen molar-refractivity contribution in [3.63, 3.8) is 0 Å². The number of hydrazone groups is 1. The first-order valence-corrected chi connectivity index (χ1v) is 8.74. The normalized spacial score (nSPS) is 11.0. The molecule has 0 aliphatic heterocycles. The summed E-state index contributed by atoms with van der Waals surface area (Å²) in [6, 6.07) is 14.4. The number of benzene rings is 2. The van der Waals surface area contributed by atoms with E-state index in [1.807, 2.05) is 0 Å². The van der Waals surface area contributed by atoms with Crippen molar-refractivity contribution in [3.05, 3.63) is 98.8 Å². The van der Waals surface area contributed by atoms with Gasteiger partial charge < -0.3 is 4.74 Å². The van der Waals surface area contributed by atoms with Crippen LogP contribution in [0.5, 0.6) is 5.75 Å². The quantitative estimate of drug-likeness (QED) is 0.377. The number of nitrogens with zero attached hydrogens (tertiary/aromatic N) is 3. The van der Waals surface area contributed by atoms with E-state index in [0.29, 0.717) is 27.4 Å². The third-order valence-electron chi connectivity index (χ3n) is 3.94. The molecule has 0 spiro atoms. The molecule has 0 radical (unpaired) electrons. The molecule has 0 unspecified atom stereocenters. The first kappa shape index (κ1) is 20.0. The van der Waals surface area contributed by atoms with Crippen molar-refractivity contribution in [2.75, 3.05) is 7.11 Å². The largest absolute Gasteiger partial charge is 0.490 e. The molecule has 2 aromatic carbocycles. The summed E-state index contributed by atoms with van der Waals surface area (Å²) < 4.78 is 5.04. The minimum absolute atomic E-state index is 0.114. The first-order chi connectivity index (χ1) is 14.0. The van der Waals surface area contributed by atoms with Crippen molar-refractivity contribution >= 4 is 28.9 Å². The molecule has 29 heavy (non-hydrogen) atoms. The van der Waals surface area contributed by atoms with Crippen molar-refractivity contribution < 1.29 is 14.5 Å². The van der Waals surface area contributed by atoms with Crippen LogP contribution in [-0.2, 0) is 0 Å². The maximum absolute atomic E-state index is 12.3. The zero-order chi connectivity index (χ0) is 20.8. The number of carbonyl (C=O) groups excluding carboxylic acids is 1. The highest BCUT2D eigenvalue weighted by molar-refractivity contribution is 6.31. The van der Waals surface area contributed by atoms with Crippen LogP contribution in [0.1, 0.15) is 21.5 Å². The minimum atomic E-state index is -0.549. The van der Waals surface area contributed by atoms with Crippen LogP contribution in [0.15, 0.2) is 72.1 Å². The maximum Gasteiger partial charge on any atom is 0.311 e. The third kappa shape index (κ3) is 4.74. The van der Waals surface area contributed by atoms with Gasteiger partial charge in [-0.2, -0.15) is 5.10 Å². The van der Waals surface area contributed by atoms with Crippen LogP contribution in [0, 0.1) is 10.1 Å². The van der Waals surface area contributed by atoms with Crippen molar-refractivity contribution in [3.8, 4) is 5.75 Å². The van der Waals surface area contributed by atoms with E-state index in [9.17, 15) is 14.9 Å². The first-order valence-electron chi connectivity index (χ1n) is 8.36. The molecule has 3 rings (SSSR count). The summed E-state index contributed by atoms with van der Waals surface area (Å²) in [7, 11) is 1.35. The smallest absolute Gasteiger partial charge is 0.311 e. The van der Waals surface area contributed by atoms with Gasteiger partial charge in [-0.1, -0.05) is 23.7 Å². The fourth-order valence-corrected chi connectivity index (χ4v) is 2.77. The van der Waals surface area contributed by atoms with Gasteiger partial charge >= 0.3 is 5.69 Å². The molecule has 8 nitrogen and oxygen atoms in total. The number of nitro benzene ring substituents is 1. The Labute approximate surface area is 171 Å². The summed E-state index contributed by atoms with van der Waals surface area (Å²) in [5.41, 5.74) is 3.84. The highest BCUT2D eigenvalue weighted by Gasteiger charge is 2.19. The van der Waals surface area contributed by atoms with E-state index < -0.39 is 10.8 Å². The summed E-state index contributed by atoms with van der Waals surface area (Å²) in [6.45, 7) is 0. The van der Waals surface area contributed by atoms with E-state index in [2.05, 4.69) is 15.5 Å². The Bertz CT molecular complexity index is 1090. The van der Waals surface area contributed by atoms with Gasteiger partial charge in [0, 0.05) is 34.6 Å². The second-order valence-corrected chi connectivity index (χ2v) is 6.23. The van der Waals surface area contributed by atoms with Crippen LogP contribution in [-0.4, -0.2) is 28.6 Å². The molecule has 0 aliphatic rings. The molecule has 0 fully saturated rings. The number of hydrogen-bond acceptors (Lipinski definition) is 6. The maximum atomic E-state index is 12.3. The van der Waals surface area contributed by atoms with Gasteiger partial charge in [0.2, 0.25) is 0 Å². The number of pyridine rings is 1. The van der Waals surface area contributed by atoms with Crippen LogP contribution < -0.4 is 10.2 Å². The fourth-order valence-electron chi connectivity index (χ4n) is 2.58. The van der Waals surface area contributed by atoms with Crippen LogP contribution in [0.3, 0.4) is 0 Å². The highest BCUT2D eigenvalue weighted by Crippen LogP contribution is 2.29. The molecule has 1 N–H and O–H groups in total. The Kier molecular flexibility index (Phi) is 6.16. The number of nitro groups is 1. The van der Waals surface area contributed by atoms with E-state index in [4.69, 9.17) is 16.3 Å². The number of rotatable bonds is 6. The Morgan fingerprint density at radius 2 is 1.90 bits per heavy atom. The lowest BCUT2D eigenvalue weighted by molar-refractivity contribution is -0.385. The van der Waals surface area contributed by atoms with E-state index in [0.717, 1.165) is 0 Å². The summed E-state index contributed by atoms with van der Waals surface area (Å²) in [5, 5.41) is 16.0. The molecule has 0 bridgehead atoms.